The standard InChI is InChI=1S/C20H13F6NO3S/c1-11-2-5-14(6-3-11)31(28,29)27-13-4-7-15(21)18(10-13)30-19-16(22)8-12(9-17(19)23)20(24,25)26/h2-10,27H,1H3. The van der Waals surface area contributed by atoms with E-state index in [1.807, 2.05) is 0 Å². The molecule has 1 N–H and O–H groups in total. The topological polar surface area (TPSA) is 55.4 Å². The van der Waals surface area contributed by atoms with E-state index in [9.17, 15) is 34.8 Å². The molecule has 0 aromatic heterocycles. The first-order valence-electron chi connectivity index (χ1n) is 8.50. The number of aryl methyl sites for hydroxylation is 1. The molecule has 0 heterocycles. The van der Waals surface area contributed by atoms with Gasteiger partial charge in [-0.3, -0.25) is 4.72 Å². The van der Waals surface area contributed by atoms with Crippen molar-refractivity contribution in [3.8, 4) is 11.5 Å². The minimum Gasteiger partial charge on any atom is -0.448 e. The number of nitrogens with one attached hydrogen (secondary N) is 1. The summed E-state index contributed by atoms with van der Waals surface area (Å²) in [5.41, 5.74) is -0.975. The molecule has 0 saturated heterocycles. The highest BCUT2D eigenvalue weighted by molar-refractivity contribution is 7.92. The maximum atomic E-state index is 14.1. The molecule has 0 fully saturated rings. The predicted molar refractivity (Wildman–Crippen MR) is 99.8 cm³/mol. The predicted octanol–water partition coefficient (Wildman–Crippen LogP) is 6.02. The van der Waals surface area contributed by atoms with Gasteiger partial charge < -0.3 is 4.74 Å². The molecule has 0 aliphatic rings. The Morgan fingerprint density at radius 3 is 1.97 bits per heavy atom. The molecule has 0 radical (unpaired) electrons. The first-order chi connectivity index (χ1) is 14.4. The van der Waals surface area contributed by atoms with Gasteiger partial charge in [-0.05, 0) is 43.3 Å². The van der Waals surface area contributed by atoms with E-state index in [4.69, 9.17) is 4.74 Å². The van der Waals surface area contributed by atoms with Crippen LogP contribution in [0.15, 0.2) is 59.5 Å². The van der Waals surface area contributed by atoms with Gasteiger partial charge in [0.15, 0.2) is 29.0 Å². The van der Waals surface area contributed by atoms with E-state index in [0.717, 1.165) is 23.8 Å². The fourth-order valence-electron chi connectivity index (χ4n) is 2.51. The van der Waals surface area contributed by atoms with Crippen LogP contribution in [0.4, 0.5) is 32.0 Å². The number of hydrogen-bond acceptors (Lipinski definition) is 3. The van der Waals surface area contributed by atoms with Crippen molar-refractivity contribution in [3.05, 3.63) is 83.2 Å². The lowest BCUT2D eigenvalue weighted by molar-refractivity contribution is -0.138. The molecule has 11 heteroatoms. The number of sulfonamides is 1. The molecule has 31 heavy (non-hydrogen) atoms. The van der Waals surface area contributed by atoms with Gasteiger partial charge in [0, 0.05) is 6.07 Å². The first-order valence-corrected chi connectivity index (χ1v) is 9.98. The van der Waals surface area contributed by atoms with Crippen LogP contribution < -0.4 is 9.46 Å². The van der Waals surface area contributed by atoms with Crippen molar-refractivity contribution in [2.24, 2.45) is 0 Å². The Bertz CT molecular complexity index is 1200. The molecule has 3 rings (SSSR count). The minimum atomic E-state index is -5.00. The molecule has 3 aromatic rings. The summed E-state index contributed by atoms with van der Waals surface area (Å²) in [6.07, 6.45) is -5.00. The molecule has 0 aliphatic heterocycles. The molecule has 0 spiro atoms. The van der Waals surface area contributed by atoms with Crippen molar-refractivity contribution in [1.82, 2.24) is 0 Å². The fraction of sp³-hybridized carbons (Fsp3) is 0.100. The lowest BCUT2D eigenvalue weighted by Gasteiger charge is -2.14. The van der Waals surface area contributed by atoms with E-state index in [1.54, 1.807) is 19.1 Å². The molecule has 0 bridgehead atoms. The molecular formula is C20H13F6NO3S. The van der Waals surface area contributed by atoms with Crippen LogP contribution in [0.25, 0.3) is 0 Å². The number of alkyl halides is 3. The van der Waals surface area contributed by atoms with E-state index >= 15 is 0 Å². The van der Waals surface area contributed by atoms with E-state index in [0.29, 0.717) is 0 Å². The number of rotatable bonds is 5. The summed E-state index contributed by atoms with van der Waals surface area (Å²) < 4.78 is 112. The summed E-state index contributed by atoms with van der Waals surface area (Å²) in [5.74, 6) is -6.63. The van der Waals surface area contributed by atoms with Crippen LogP contribution >= 0.6 is 0 Å². The third kappa shape index (κ3) is 5.10. The molecule has 164 valence electrons. The maximum absolute atomic E-state index is 14.1. The van der Waals surface area contributed by atoms with E-state index < -0.39 is 50.7 Å². The zero-order valence-corrected chi connectivity index (χ0v) is 16.4. The lowest BCUT2D eigenvalue weighted by atomic mass is 10.2. The largest absolute Gasteiger partial charge is 0.448 e. The second kappa shape index (κ2) is 8.14. The van der Waals surface area contributed by atoms with Gasteiger partial charge in [-0.2, -0.15) is 13.2 Å². The second-order valence-corrected chi connectivity index (χ2v) is 8.11. The molecule has 0 aliphatic carbocycles. The van der Waals surface area contributed by atoms with Gasteiger partial charge in [-0.15, -0.1) is 0 Å². The average molecular weight is 461 g/mol. The zero-order valence-electron chi connectivity index (χ0n) is 15.6. The summed E-state index contributed by atoms with van der Waals surface area (Å²) in [6, 6.07) is 8.40. The van der Waals surface area contributed by atoms with E-state index in [2.05, 4.69) is 4.72 Å². The van der Waals surface area contributed by atoms with Crippen molar-refractivity contribution in [2.75, 3.05) is 4.72 Å². The number of benzene rings is 3. The number of halogens is 6. The Kier molecular flexibility index (Phi) is 5.90. The number of anilines is 1. The Hall–Kier alpha value is -3.21. The Balaban J connectivity index is 1.91. The molecule has 4 nitrogen and oxygen atoms in total. The van der Waals surface area contributed by atoms with Gasteiger partial charge in [0.2, 0.25) is 0 Å². The average Bonchev–Trinajstić information content (AvgIpc) is 2.66. The Morgan fingerprint density at radius 2 is 1.42 bits per heavy atom. The fourth-order valence-corrected chi connectivity index (χ4v) is 3.56. The quantitative estimate of drug-likeness (QED) is 0.473. The van der Waals surface area contributed by atoms with Crippen molar-refractivity contribution in [3.63, 3.8) is 0 Å². The van der Waals surface area contributed by atoms with Crippen LogP contribution in [0.2, 0.25) is 0 Å². The monoisotopic (exact) mass is 461 g/mol. The van der Waals surface area contributed by atoms with Crippen LogP contribution in [0.5, 0.6) is 11.5 Å². The number of ether oxygens (including phenoxy) is 1. The first kappa shape index (κ1) is 22.5. The highest BCUT2D eigenvalue weighted by atomic mass is 32.2. The molecular weight excluding hydrogens is 448 g/mol. The summed E-state index contributed by atoms with van der Waals surface area (Å²) in [4.78, 5) is -0.0929. The minimum absolute atomic E-state index is 0.000268. The molecule has 0 atom stereocenters. The lowest BCUT2D eigenvalue weighted by Crippen LogP contribution is -2.13. The van der Waals surface area contributed by atoms with Gasteiger partial charge in [-0.25, -0.2) is 21.6 Å². The number of hydrogen-bond donors (Lipinski definition) is 1. The van der Waals surface area contributed by atoms with E-state index in [-0.39, 0.29) is 22.7 Å². The van der Waals surface area contributed by atoms with Gasteiger partial charge in [0.1, 0.15) is 0 Å². The van der Waals surface area contributed by atoms with Crippen LogP contribution in [0, 0.1) is 24.4 Å². The summed E-state index contributed by atoms with van der Waals surface area (Å²) in [7, 11) is -4.07. The Labute approximate surface area is 173 Å². The van der Waals surface area contributed by atoms with Crippen molar-refractivity contribution < 1.29 is 39.5 Å². The second-order valence-electron chi connectivity index (χ2n) is 6.43. The highest BCUT2D eigenvalue weighted by Gasteiger charge is 2.33. The van der Waals surface area contributed by atoms with Gasteiger partial charge >= 0.3 is 6.18 Å². The molecule has 3 aromatic carbocycles. The third-order valence-corrected chi connectivity index (χ3v) is 5.45. The maximum Gasteiger partial charge on any atom is 0.416 e. The van der Waals surface area contributed by atoms with Gasteiger partial charge in [-0.1, -0.05) is 17.7 Å². The van der Waals surface area contributed by atoms with Crippen molar-refractivity contribution in [2.45, 2.75) is 18.0 Å². The molecule has 0 saturated carbocycles. The van der Waals surface area contributed by atoms with Crippen molar-refractivity contribution >= 4 is 15.7 Å². The summed E-state index contributed by atoms with van der Waals surface area (Å²) in [6.45, 7) is 1.76. The van der Waals surface area contributed by atoms with Crippen LogP contribution in [-0.4, -0.2) is 8.42 Å². The molecule has 0 amide bonds. The van der Waals surface area contributed by atoms with Gasteiger partial charge in [0.05, 0.1) is 16.1 Å². The Morgan fingerprint density at radius 1 is 0.839 bits per heavy atom. The normalized spacial score (nSPS) is 12.0. The molecule has 0 unspecified atom stereocenters. The highest BCUT2D eigenvalue weighted by Crippen LogP contribution is 2.36. The van der Waals surface area contributed by atoms with Crippen LogP contribution in [0.1, 0.15) is 11.1 Å². The van der Waals surface area contributed by atoms with Crippen LogP contribution in [-0.2, 0) is 16.2 Å². The van der Waals surface area contributed by atoms with E-state index in [1.165, 1.54) is 12.1 Å². The SMILES string of the molecule is Cc1ccc(S(=O)(=O)Nc2ccc(F)c(Oc3c(F)cc(C(F)(F)F)cc3F)c2)cc1. The summed E-state index contributed by atoms with van der Waals surface area (Å²) in [5, 5.41) is 0. The summed E-state index contributed by atoms with van der Waals surface area (Å²) >= 11 is 0. The van der Waals surface area contributed by atoms with Gasteiger partial charge in [0.25, 0.3) is 10.0 Å². The van der Waals surface area contributed by atoms with Crippen LogP contribution in [0.3, 0.4) is 0 Å². The van der Waals surface area contributed by atoms with Crippen molar-refractivity contribution in [1.29, 1.82) is 0 Å². The zero-order chi connectivity index (χ0) is 23.0. The third-order valence-electron chi connectivity index (χ3n) is 4.05. The smallest absolute Gasteiger partial charge is 0.416 e.